The van der Waals surface area contributed by atoms with Crippen molar-refractivity contribution in [3.8, 4) is 0 Å². The van der Waals surface area contributed by atoms with E-state index in [2.05, 4.69) is 27.2 Å². The largest absolute Gasteiger partial charge is 0.367 e. The first-order valence-corrected chi connectivity index (χ1v) is 9.33. The van der Waals surface area contributed by atoms with Crippen LogP contribution in [0.1, 0.15) is 56.7 Å². The van der Waals surface area contributed by atoms with Crippen LogP contribution in [-0.4, -0.2) is 32.0 Å². The number of amides is 1. The van der Waals surface area contributed by atoms with Crippen molar-refractivity contribution in [2.24, 2.45) is 0 Å². The van der Waals surface area contributed by atoms with Crippen LogP contribution < -0.4 is 5.32 Å². The summed E-state index contributed by atoms with van der Waals surface area (Å²) in [7, 11) is 0. The van der Waals surface area contributed by atoms with Crippen molar-refractivity contribution in [2.75, 3.05) is 6.61 Å². The second-order valence-electron chi connectivity index (χ2n) is 6.87. The molecule has 0 bridgehead atoms. The molecule has 1 atom stereocenters. The first-order valence-electron chi connectivity index (χ1n) is 9.33. The monoisotopic (exact) mass is 357 g/mol. The third-order valence-electron chi connectivity index (χ3n) is 4.83. The fourth-order valence-electron chi connectivity index (χ4n) is 3.20. The van der Waals surface area contributed by atoms with Crippen LogP contribution in [0, 0.1) is 0 Å². The summed E-state index contributed by atoms with van der Waals surface area (Å²) in [6, 6.07) is 0. The van der Waals surface area contributed by atoms with Crippen molar-refractivity contribution in [2.45, 2.75) is 64.6 Å². The number of nitrogens with zero attached hydrogens (tertiary/aromatic N) is 4. The lowest BCUT2D eigenvalue weighted by molar-refractivity contribution is -0.121. The van der Waals surface area contributed by atoms with Gasteiger partial charge < -0.3 is 14.6 Å². The molecule has 26 heavy (non-hydrogen) atoms. The van der Waals surface area contributed by atoms with E-state index in [9.17, 15) is 4.79 Å². The van der Waals surface area contributed by atoms with Gasteiger partial charge in [-0.15, -0.1) is 0 Å². The van der Waals surface area contributed by atoms with E-state index in [4.69, 9.17) is 4.74 Å². The number of hydrogen-bond donors (Lipinski definition) is 1. The van der Waals surface area contributed by atoms with E-state index < -0.39 is 0 Å². The molecule has 2 aromatic rings. The van der Waals surface area contributed by atoms with Crippen LogP contribution in [0.2, 0.25) is 0 Å². The first kappa shape index (κ1) is 18.5. The van der Waals surface area contributed by atoms with Gasteiger partial charge in [0.05, 0.1) is 0 Å². The van der Waals surface area contributed by atoms with Crippen molar-refractivity contribution in [3.63, 3.8) is 0 Å². The second-order valence-corrected chi connectivity index (χ2v) is 6.87. The number of aromatic nitrogens is 4. The minimum atomic E-state index is -0.387. The van der Waals surface area contributed by atoms with Gasteiger partial charge in [-0.2, -0.15) is 0 Å². The second kappa shape index (κ2) is 8.40. The number of carbonyl (C=O) groups is 1. The van der Waals surface area contributed by atoms with E-state index >= 15 is 0 Å². The Kier molecular flexibility index (Phi) is 5.98. The maximum Gasteiger partial charge on any atom is 0.222 e. The van der Waals surface area contributed by atoms with Crippen LogP contribution >= 0.6 is 0 Å². The topological polar surface area (TPSA) is 81.9 Å². The van der Waals surface area contributed by atoms with E-state index in [1.165, 1.54) is 0 Å². The van der Waals surface area contributed by atoms with Gasteiger partial charge in [-0.25, -0.2) is 15.0 Å². The van der Waals surface area contributed by atoms with Gasteiger partial charge in [0.1, 0.15) is 11.4 Å². The van der Waals surface area contributed by atoms with E-state index in [1.807, 2.05) is 17.7 Å². The molecule has 2 aromatic heterocycles. The summed E-state index contributed by atoms with van der Waals surface area (Å²) in [4.78, 5) is 25.3. The fourth-order valence-corrected chi connectivity index (χ4v) is 3.20. The van der Waals surface area contributed by atoms with Gasteiger partial charge in [0.15, 0.2) is 5.82 Å². The van der Waals surface area contributed by atoms with Gasteiger partial charge in [-0.1, -0.05) is 6.92 Å². The number of imidazole rings is 1. The number of carbonyl (C=O) groups excluding carboxylic acids is 1. The minimum Gasteiger partial charge on any atom is -0.367 e. The maximum absolute atomic E-state index is 12.1. The van der Waals surface area contributed by atoms with Gasteiger partial charge in [-0.3, -0.25) is 4.79 Å². The molecule has 0 spiro atoms. The Morgan fingerprint density at radius 3 is 2.81 bits per heavy atom. The van der Waals surface area contributed by atoms with Gasteiger partial charge >= 0.3 is 0 Å². The number of hydrogen-bond acceptors (Lipinski definition) is 5. The Balaban J connectivity index is 1.47. The molecule has 3 heterocycles. The van der Waals surface area contributed by atoms with Crippen LogP contribution in [0.15, 0.2) is 24.8 Å². The van der Waals surface area contributed by atoms with Crippen molar-refractivity contribution in [1.29, 1.82) is 0 Å². The zero-order valence-corrected chi connectivity index (χ0v) is 15.6. The van der Waals surface area contributed by atoms with Crippen LogP contribution in [0.4, 0.5) is 0 Å². The molecule has 0 aromatic carbocycles. The molecule has 0 saturated carbocycles. The Hall–Kier alpha value is -2.28. The van der Waals surface area contributed by atoms with Gasteiger partial charge in [0.25, 0.3) is 0 Å². The molecule has 1 aliphatic heterocycles. The molecule has 1 aliphatic rings. The van der Waals surface area contributed by atoms with Gasteiger partial charge in [0, 0.05) is 62.9 Å². The van der Waals surface area contributed by atoms with Crippen LogP contribution in [0.3, 0.4) is 0 Å². The normalized spacial score (nSPS) is 20.1. The van der Waals surface area contributed by atoms with Crippen molar-refractivity contribution in [3.05, 3.63) is 42.0 Å². The predicted molar refractivity (Wildman–Crippen MR) is 97.3 cm³/mol. The molecule has 0 aliphatic carbocycles. The molecule has 1 fully saturated rings. The summed E-state index contributed by atoms with van der Waals surface area (Å²) in [5.74, 6) is 1.73. The van der Waals surface area contributed by atoms with Crippen molar-refractivity contribution < 1.29 is 9.53 Å². The highest BCUT2D eigenvalue weighted by Crippen LogP contribution is 2.32. The maximum atomic E-state index is 12.1. The Bertz CT molecular complexity index is 720. The van der Waals surface area contributed by atoms with Crippen LogP contribution in [0.25, 0.3) is 0 Å². The van der Waals surface area contributed by atoms with Crippen LogP contribution in [-0.2, 0) is 34.6 Å². The van der Waals surface area contributed by atoms with Gasteiger partial charge in [0.2, 0.25) is 5.91 Å². The molecule has 1 unspecified atom stereocenters. The molecular weight excluding hydrogens is 330 g/mol. The molecule has 1 N–H and O–H groups in total. The first-order chi connectivity index (χ1) is 12.6. The Morgan fingerprint density at radius 2 is 2.12 bits per heavy atom. The lowest BCUT2D eigenvalue weighted by Crippen LogP contribution is -2.32. The smallest absolute Gasteiger partial charge is 0.222 e. The lowest BCUT2D eigenvalue weighted by atomic mass is 9.95. The number of aryl methyl sites for hydroxylation is 2. The van der Waals surface area contributed by atoms with Gasteiger partial charge in [-0.05, 0) is 26.2 Å². The summed E-state index contributed by atoms with van der Waals surface area (Å²) >= 11 is 0. The number of nitrogens with one attached hydrogen (secondary N) is 1. The van der Waals surface area contributed by atoms with E-state index in [0.717, 1.165) is 49.5 Å². The highest BCUT2D eigenvalue weighted by Gasteiger charge is 2.32. The van der Waals surface area contributed by atoms with Crippen molar-refractivity contribution in [1.82, 2.24) is 24.8 Å². The van der Waals surface area contributed by atoms with Crippen LogP contribution in [0.5, 0.6) is 0 Å². The zero-order chi connectivity index (χ0) is 18.4. The Labute approximate surface area is 154 Å². The zero-order valence-electron chi connectivity index (χ0n) is 15.6. The lowest BCUT2D eigenvalue weighted by Gasteiger charge is -2.32. The minimum absolute atomic E-state index is 0.00686. The molecular formula is C19H27N5O2. The van der Waals surface area contributed by atoms with E-state index in [0.29, 0.717) is 19.5 Å². The summed E-state index contributed by atoms with van der Waals surface area (Å²) in [5.41, 5.74) is 0.500. The molecule has 3 rings (SSSR count). The fraction of sp³-hybridized carbons (Fsp3) is 0.579. The molecule has 7 nitrogen and oxygen atoms in total. The molecule has 7 heteroatoms. The molecule has 140 valence electrons. The summed E-state index contributed by atoms with van der Waals surface area (Å²) in [6.45, 7) is 5.93. The number of rotatable bonds is 7. The third kappa shape index (κ3) is 4.46. The highest BCUT2D eigenvalue weighted by atomic mass is 16.5. The summed E-state index contributed by atoms with van der Waals surface area (Å²) in [5, 5.41) is 2.92. The standard InChI is InChI=1S/C19H27N5O2/c1-3-16-20-8-10-24(16)9-6-17(25)21-12-15-13-22-18(23-14-15)19(2)7-4-5-11-26-19/h8,10,13-14H,3-7,9,11-12H2,1-2H3,(H,21,25). The SMILES string of the molecule is CCc1nccn1CCC(=O)NCc1cnc(C2(C)CCCCO2)nc1. The van der Waals surface area contributed by atoms with E-state index in [1.54, 1.807) is 18.6 Å². The Morgan fingerprint density at radius 1 is 1.31 bits per heavy atom. The number of ether oxygens (including phenoxy) is 1. The summed E-state index contributed by atoms with van der Waals surface area (Å²) in [6.07, 6.45) is 11.7. The third-order valence-corrected chi connectivity index (χ3v) is 4.83. The van der Waals surface area contributed by atoms with E-state index in [-0.39, 0.29) is 11.5 Å². The molecule has 1 saturated heterocycles. The van der Waals surface area contributed by atoms with Crippen molar-refractivity contribution >= 4 is 5.91 Å². The quantitative estimate of drug-likeness (QED) is 0.822. The predicted octanol–water partition coefficient (Wildman–Crippen LogP) is 2.36. The summed E-state index contributed by atoms with van der Waals surface area (Å²) < 4.78 is 7.89. The molecule has 0 radical (unpaired) electrons. The molecule has 1 amide bonds. The average molecular weight is 357 g/mol. The average Bonchev–Trinajstić information content (AvgIpc) is 3.13. The highest BCUT2D eigenvalue weighted by molar-refractivity contribution is 5.75.